The van der Waals surface area contributed by atoms with E-state index in [4.69, 9.17) is 4.74 Å². The molecule has 0 spiro atoms. The number of nitrogens with zero attached hydrogens (tertiary/aromatic N) is 1. The lowest BCUT2D eigenvalue weighted by atomic mass is 10.1. The molecule has 0 bridgehead atoms. The van der Waals surface area contributed by atoms with Crippen molar-refractivity contribution >= 4 is 5.69 Å². The number of nitrogens with one attached hydrogen (secondary N) is 1. The highest BCUT2D eigenvalue weighted by Crippen LogP contribution is 2.29. The zero-order valence-corrected chi connectivity index (χ0v) is 10.3. The van der Waals surface area contributed by atoms with E-state index < -0.39 is 0 Å². The molecule has 3 heteroatoms. The van der Waals surface area contributed by atoms with Crippen LogP contribution in [0.3, 0.4) is 0 Å². The van der Waals surface area contributed by atoms with E-state index in [1.807, 2.05) is 37.5 Å². The molecule has 3 nitrogen and oxygen atoms in total. The van der Waals surface area contributed by atoms with Crippen molar-refractivity contribution in [2.45, 2.75) is 6.92 Å². The summed E-state index contributed by atoms with van der Waals surface area (Å²) in [7, 11) is 3.55. The quantitative estimate of drug-likeness (QED) is 0.876. The number of anilines is 1. The number of ether oxygens (including phenoxy) is 1. The molecule has 1 aromatic carbocycles. The van der Waals surface area contributed by atoms with Crippen molar-refractivity contribution in [1.29, 1.82) is 0 Å². The van der Waals surface area contributed by atoms with Gasteiger partial charge in [-0.2, -0.15) is 0 Å². The van der Waals surface area contributed by atoms with Gasteiger partial charge in [-0.1, -0.05) is 0 Å². The molecule has 0 saturated heterocycles. The molecule has 1 aromatic heterocycles. The maximum atomic E-state index is 5.27. The van der Waals surface area contributed by atoms with Crippen molar-refractivity contribution in [1.82, 2.24) is 4.98 Å². The highest BCUT2D eigenvalue weighted by Gasteiger charge is 2.05. The Morgan fingerprint density at radius 2 is 2.00 bits per heavy atom. The molecular weight excluding hydrogens is 212 g/mol. The lowest BCUT2D eigenvalue weighted by Crippen LogP contribution is -1.94. The van der Waals surface area contributed by atoms with Crippen LogP contribution in [0, 0.1) is 6.92 Å². The number of pyridine rings is 1. The molecule has 0 fully saturated rings. The van der Waals surface area contributed by atoms with Gasteiger partial charge < -0.3 is 10.1 Å². The molecule has 0 aliphatic carbocycles. The van der Waals surface area contributed by atoms with Gasteiger partial charge in [0.15, 0.2) is 0 Å². The van der Waals surface area contributed by atoms with Crippen LogP contribution in [0.15, 0.2) is 36.5 Å². The summed E-state index contributed by atoms with van der Waals surface area (Å²) < 4.78 is 5.27. The second-order valence-electron chi connectivity index (χ2n) is 3.88. The van der Waals surface area contributed by atoms with Gasteiger partial charge in [0.1, 0.15) is 5.75 Å². The van der Waals surface area contributed by atoms with E-state index in [2.05, 4.69) is 23.3 Å². The standard InChI is InChI=1S/C14H16N2O/c1-10-6-7-16-12(8-10)11-4-5-14(17-3)13(9-11)15-2/h4-9,15H,1-3H3. The average Bonchev–Trinajstić information content (AvgIpc) is 2.38. The highest BCUT2D eigenvalue weighted by molar-refractivity contribution is 5.69. The lowest BCUT2D eigenvalue weighted by molar-refractivity contribution is 0.416. The van der Waals surface area contributed by atoms with Gasteiger partial charge in [0.05, 0.1) is 18.5 Å². The molecule has 0 amide bonds. The second kappa shape index (κ2) is 4.87. The Morgan fingerprint density at radius 3 is 2.65 bits per heavy atom. The Kier molecular flexibility index (Phi) is 3.28. The molecule has 0 atom stereocenters. The van der Waals surface area contributed by atoms with Crippen LogP contribution in [-0.4, -0.2) is 19.1 Å². The number of hydrogen-bond donors (Lipinski definition) is 1. The predicted molar refractivity (Wildman–Crippen MR) is 70.5 cm³/mol. The Hall–Kier alpha value is -2.03. The van der Waals surface area contributed by atoms with E-state index in [-0.39, 0.29) is 0 Å². The molecule has 0 aliphatic rings. The van der Waals surface area contributed by atoms with Gasteiger partial charge in [-0.15, -0.1) is 0 Å². The second-order valence-corrected chi connectivity index (χ2v) is 3.88. The van der Waals surface area contributed by atoms with Crippen molar-refractivity contribution in [2.24, 2.45) is 0 Å². The Morgan fingerprint density at radius 1 is 1.18 bits per heavy atom. The predicted octanol–water partition coefficient (Wildman–Crippen LogP) is 3.11. The van der Waals surface area contributed by atoms with Gasteiger partial charge in [0.25, 0.3) is 0 Å². The van der Waals surface area contributed by atoms with Gasteiger partial charge in [0, 0.05) is 18.8 Å². The number of benzene rings is 1. The molecular formula is C14H16N2O. The van der Waals surface area contributed by atoms with E-state index in [1.54, 1.807) is 7.11 Å². The molecule has 0 radical (unpaired) electrons. The minimum absolute atomic E-state index is 0.837. The van der Waals surface area contributed by atoms with Crippen LogP contribution in [0.1, 0.15) is 5.56 Å². The van der Waals surface area contributed by atoms with E-state index >= 15 is 0 Å². The summed E-state index contributed by atoms with van der Waals surface area (Å²) in [5.74, 6) is 0.837. The summed E-state index contributed by atoms with van der Waals surface area (Å²) >= 11 is 0. The summed E-state index contributed by atoms with van der Waals surface area (Å²) in [4.78, 5) is 4.37. The summed E-state index contributed by atoms with van der Waals surface area (Å²) in [6.45, 7) is 2.06. The normalized spacial score (nSPS) is 10.1. The first kappa shape index (κ1) is 11.5. The first-order valence-corrected chi connectivity index (χ1v) is 5.53. The van der Waals surface area contributed by atoms with Crippen molar-refractivity contribution in [3.63, 3.8) is 0 Å². The smallest absolute Gasteiger partial charge is 0.141 e. The molecule has 88 valence electrons. The third kappa shape index (κ3) is 2.38. The molecule has 0 aliphatic heterocycles. The van der Waals surface area contributed by atoms with Crippen LogP contribution in [0.5, 0.6) is 5.75 Å². The van der Waals surface area contributed by atoms with Crippen LogP contribution in [0.25, 0.3) is 11.3 Å². The van der Waals surface area contributed by atoms with Crippen LogP contribution in [-0.2, 0) is 0 Å². The SMILES string of the molecule is CNc1cc(-c2cc(C)ccn2)ccc1OC. The van der Waals surface area contributed by atoms with E-state index in [1.165, 1.54) is 5.56 Å². The maximum absolute atomic E-state index is 5.27. The molecule has 0 saturated carbocycles. The van der Waals surface area contributed by atoms with Crippen LogP contribution >= 0.6 is 0 Å². The van der Waals surface area contributed by atoms with Crippen LogP contribution in [0.4, 0.5) is 5.69 Å². The van der Waals surface area contributed by atoms with Crippen molar-refractivity contribution < 1.29 is 4.74 Å². The van der Waals surface area contributed by atoms with Gasteiger partial charge in [-0.3, -0.25) is 4.98 Å². The first-order chi connectivity index (χ1) is 8.24. The molecule has 0 unspecified atom stereocenters. The minimum Gasteiger partial charge on any atom is -0.495 e. The Balaban J connectivity index is 2.46. The molecule has 17 heavy (non-hydrogen) atoms. The average molecular weight is 228 g/mol. The van der Waals surface area contributed by atoms with E-state index in [0.29, 0.717) is 0 Å². The summed E-state index contributed by atoms with van der Waals surface area (Å²) in [5.41, 5.74) is 4.23. The maximum Gasteiger partial charge on any atom is 0.141 e. The zero-order chi connectivity index (χ0) is 12.3. The summed E-state index contributed by atoms with van der Waals surface area (Å²) in [6, 6.07) is 10.1. The molecule has 2 rings (SSSR count). The van der Waals surface area contributed by atoms with Crippen LogP contribution < -0.4 is 10.1 Å². The number of methoxy groups -OCH3 is 1. The van der Waals surface area contributed by atoms with Crippen molar-refractivity contribution in [3.05, 3.63) is 42.1 Å². The van der Waals surface area contributed by atoms with E-state index in [0.717, 1.165) is 22.7 Å². The van der Waals surface area contributed by atoms with Crippen molar-refractivity contribution in [3.8, 4) is 17.0 Å². The molecule has 1 heterocycles. The van der Waals surface area contributed by atoms with Gasteiger partial charge in [0.2, 0.25) is 0 Å². The third-order valence-electron chi connectivity index (χ3n) is 2.68. The zero-order valence-electron chi connectivity index (χ0n) is 10.3. The monoisotopic (exact) mass is 228 g/mol. The molecule has 2 aromatic rings. The third-order valence-corrected chi connectivity index (χ3v) is 2.68. The van der Waals surface area contributed by atoms with Gasteiger partial charge in [-0.25, -0.2) is 0 Å². The number of aryl methyl sites for hydroxylation is 1. The molecule has 1 N–H and O–H groups in total. The minimum atomic E-state index is 0.837. The number of rotatable bonds is 3. The fourth-order valence-corrected chi connectivity index (χ4v) is 1.76. The fourth-order valence-electron chi connectivity index (χ4n) is 1.76. The number of aromatic nitrogens is 1. The van der Waals surface area contributed by atoms with Crippen molar-refractivity contribution in [2.75, 3.05) is 19.5 Å². The summed E-state index contributed by atoms with van der Waals surface area (Å²) in [6.07, 6.45) is 1.83. The summed E-state index contributed by atoms with van der Waals surface area (Å²) in [5, 5.41) is 3.12. The van der Waals surface area contributed by atoms with Crippen LogP contribution in [0.2, 0.25) is 0 Å². The van der Waals surface area contributed by atoms with Gasteiger partial charge >= 0.3 is 0 Å². The van der Waals surface area contributed by atoms with E-state index in [9.17, 15) is 0 Å². The largest absolute Gasteiger partial charge is 0.495 e. The first-order valence-electron chi connectivity index (χ1n) is 5.53. The topological polar surface area (TPSA) is 34.2 Å². The Labute approximate surface area is 101 Å². The van der Waals surface area contributed by atoms with Gasteiger partial charge in [-0.05, 0) is 42.8 Å². The number of hydrogen-bond acceptors (Lipinski definition) is 3. The Bertz CT molecular complexity index is 523. The lowest BCUT2D eigenvalue weighted by Gasteiger charge is -2.10. The highest BCUT2D eigenvalue weighted by atomic mass is 16.5. The fraction of sp³-hybridized carbons (Fsp3) is 0.214.